The lowest BCUT2D eigenvalue weighted by Gasteiger charge is -2.26. The van der Waals surface area contributed by atoms with Gasteiger partial charge in [0.1, 0.15) is 17.1 Å². The molecule has 4 amide bonds. The molecule has 166 valence electrons. The largest absolute Gasteiger partial charge is 0.465 e. The fraction of sp³-hybridized carbons (Fsp3) is 0.0833. The van der Waals surface area contributed by atoms with Crippen LogP contribution in [0.5, 0.6) is 0 Å². The third-order valence-corrected chi connectivity index (χ3v) is 5.28. The van der Waals surface area contributed by atoms with Gasteiger partial charge in [-0.15, -0.1) is 0 Å². The van der Waals surface area contributed by atoms with E-state index >= 15 is 0 Å². The molecule has 0 spiro atoms. The summed E-state index contributed by atoms with van der Waals surface area (Å²) < 4.78 is 10.6. The van der Waals surface area contributed by atoms with Crippen LogP contribution in [0.1, 0.15) is 21.7 Å². The van der Waals surface area contributed by atoms with Gasteiger partial charge in [-0.05, 0) is 67.1 Å². The first-order chi connectivity index (χ1) is 15.8. The highest BCUT2D eigenvalue weighted by Crippen LogP contribution is 2.29. The maximum atomic E-state index is 13.0. The number of carbonyl (C=O) groups is 4. The lowest BCUT2D eigenvalue weighted by atomic mass is 10.0. The standard InChI is InChI=1S/C24H17ClN2O6/c1-13-3-4-14(23(30)32-2)11-18(13)20-10-9-17(33-20)12-19-21(28)26-24(31)27(22(19)29)16-7-5-15(25)6-8-16/h3-12H,1-2H3,(H,26,28,31)/b19-12+. The van der Waals surface area contributed by atoms with Crippen molar-refractivity contribution < 1.29 is 28.3 Å². The maximum absolute atomic E-state index is 13.0. The third-order valence-electron chi connectivity index (χ3n) is 5.02. The molecule has 2 heterocycles. The summed E-state index contributed by atoms with van der Waals surface area (Å²) in [5, 5.41) is 2.59. The van der Waals surface area contributed by atoms with Gasteiger partial charge in [-0.2, -0.15) is 0 Å². The van der Waals surface area contributed by atoms with E-state index in [1.165, 1.54) is 37.5 Å². The number of furan rings is 1. The molecule has 1 saturated heterocycles. The van der Waals surface area contributed by atoms with Crippen molar-refractivity contribution in [1.82, 2.24) is 5.32 Å². The van der Waals surface area contributed by atoms with Crippen molar-refractivity contribution in [1.29, 1.82) is 0 Å². The van der Waals surface area contributed by atoms with Crippen LogP contribution in [0.3, 0.4) is 0 Å². The molecule has 9 heteroatoms. The molecule has 1 fully saturated rings. The van der Waals surface area contributed by atoms with Crippen LogP contribution in [0, 0.1) is 6.92 Å². The van der Waals surface area contributed by atoms with Crippen LogP contribution >= 0.6 is 11.6 Å². The number of imide groups is 2. The number of hydrogen-bond donors (Lipinski definition) is 1. The van der Waals surface area contributed by atoms with Crippen LogP contribution in [0.4, 0.5) is 10.5 Å². The molecule has 3 aromatic rings. The summed E-state index contributed by atoms with van der Waals surface area (Å²) in [7, 11) is 1.29. The minimum absolute atomic E-state index is 0.219. The molecule has 1 aromatic heterocycles. The fourth-order valence-electron chi connectivity index (χ4n) is 3.33. The number of amides is 4. The number of nitrogens with zero attached hydrogens (tertiary/aromatic N) is 1. The number of esters is 1. The zero-order valence-corrected chi connectivity index (χ0v) is 18.3. The number of halogens is 1. The van der Waals surface area contributed by atoms with Gasteiger partial charge in [0.25, 0.3) is 11.8 Å². The highest BCUT2D eigenvalue weighted by molar-refractivity contribution is 6.39. The van der Waals surface area contributed by atoms with E-state index in [1.807, 2.05) is 6.92 Å². The summed E-state index contributed by atoms with van der Waals surface area (Å²) in [5.74, 6) is -1.47. The molecule has 0 aliphatic carbocycles. The highest BCUT2D eigenvalue weighted by atomic mass is 35.5. The Morgan fingerprint density at radius 2 is 1.79 bits per heavy atom. The Morgan fingerprint density at radius 3 is 2.48 bits per heavy atom. The lowest BCUT2D eigenvalue weighted by molar-refractivity contribution is -0.122. The normalized spacial score (nSPS) is 15.1. The van der Waals surface area contributed by atoms with Gasteiger partial charge in [0.05, 0.1) is 18.4 Å². The molecule has 0 bridgehead atoms. The number of barbiturate groups is 1. The Balaban J connectivity index is 1.68. The van der Waals surface area contributed by atoms with E-state index in [0.29, 0.717) is 21.9 Å². The molecule has 0 atom stereocenters. The number of hydrogen-bond acceptors (Lipinski definition) is 6. The third kappa shape index (κ3) is 4.28. The molecular weight excluding hydrogens is 448 g/mol. The first-order valence-electron chi connectivity index (χ1n) is 9.74. The molecule has 1 N–H and O–H groups in total. The summed E-state index contributed by atoms with van der Waals surface area (Å²) in [4.78, 5) is 50.3. The average Bonchev–Trinajstić information content (AvgIpc) is 3.26. The summed E-state index contributed by atoms with van der Waals surface area (Å²) in [6.07, 6.45) is 1.26. The number of methoxy groups -OCH3 is 1. The van der Waals surface area contributed by atoms with E-state index < -0.39 is 23.8 Å². The first kappa shape index (κ1) is 22.0. The average molecular weight is 465 g/mol. The van der Waals surface area contributed by atoms with E-state index in [4.69, 9.17) is 20.8 Å². The number of aryl methyl sites for hydroxylation is 1. The second kappa shape index (κ2) is 8.76. The predicted molar refractivity (Wildman–Crippen MR) is 121 cm³/mol. The van der Waals surface area contributed by atoms with Crippen molar-refractivity contribution in [3.63, 3.8) is 0 Å². The number of anilines is 1. The Hall–Kier alpha value is -4.17. The lowest BCUT2D eigenvalue weighted by Crippen LogP contribution is -2.54. The minimum Gasteiger partial charge on any atom is -0.465 e. The van der Waals surface area contributed by atoms with Gasteiger partial charge in [-0.25, -0.2) is 14.5 Å². The number of ether oxygens (including phenoxy) is 1. The number of nitrogens with one attached hydrogen (secondary N) is 1. The van der Waals surface area contributed by atoms with Crippen LogP contribution in [0.25, 0.3) is 17.4 Å². The van der Waals surface area contributed by atoms with Crippen molar-refractivity contribution in [2.75, 3.05) is 12.0 Å². The van der Waals surface area contributed by atoms with Crippen LogP contribution in [0.2, 0.25) is 5.02 Å². The van der Waals surface area contributed by atoms with Crippen molar-refractivity contribution >= 4 is 47.2 Å². The topological polar surface area (TPSA) is 106 Å². The summed E-state index contributed by atoms with van der Waals surface area (Å²) in [6.45, 7) is 1.85. The fourth-order valence-corrected chi connectivity index (χ4v) is 3.46. The zero-order chi connectivity index (χ0) is 23.7. The van der Waals surface area contributed by atoms with E-state index in [-0.39, 0.29) is 17.0 Å². The number of rotatable bonds is 4. The minimum atomic E-state index is -0.861. The molecule has 33 heavy (non-hydrogen) atoms. The van der Waals surface area contributed by atoms with Crippen LogP contribution in [-0.2, 0) is 14.3 Å². The summed E-state index contributed by atoms with van der Waals surface area (Å²) in [6, 6.07) is 13.5. The van der Waals surface area contributed by atoms with Crippen LogP contribution in [-0.4, -0.2) is 30.9 Å². The summed E-state index contributed by atoms with van der Waals surface area (Å²) >= 11 is 5.87. The van der Waals surface area contributed by atoms with Gasteiger partial charge < -0.3 is 9.15 Å². The molecule has 0 radical (unpaired) electrons. The molecule has 0 saturated carbocycles. The molecule has 1 aliphatic heterocycles. The number of carbonyl (C=O) groups excluding carboxylic acids is 4. The number of urea groups is 1. The smallest absolute Gasteiger partial charge is 0.337 e. The second-order valence-corrected chi connectivity index (χ2v) is 7.59. The molecule has 8 nitrogen and oxygen atoms in total. The molecule has 1 aliphatic rings. The first-order valence-corrected chi connectivity index (χ1v) is 10.1. The maximum Gasteiger partial charge on any atom is 0.337 e. The SMILES string of the molecule is COC(=O)c1ccc(C)c(-c2ccc(/C=C3\C(=O)NC(=O)N(c4ccc(Cl)cc4)C3=O)o2)c1. The van der Waals surface area contributed by atoms with E-state index in [0.717, 1.165) is 10.5 Å². The van der Waals surface area contributed by atoms with E-state index in [2.05, 4.69) is 5.32 Å². The van der Waals surface area contributed by atoms with Gasteiger partial charge in [0.2, 0.25) is 0 Å². The Bertz CT molecular complexity index is 1320. The van der Waals surface area contributed by atoms with Gasteiger partial charge in [-0.1, -0.05) is 17.7 Å². The van der Waals surface area contributed by atoms with Gasteiger partial charge in [0.15, 0.2) is 0 Å². The molecule has 2 aromatic carbocycles. The molecule has 4 rings (SSSR count). The van der Waals surface area contributed by atoms with Gasteiger partial charge >= 0.3 is 12.0 Å². The highest BCUT2D eigenvalue weighted by Gasteiger charge is 2.37. The summed E-state index contributed by atoms with van der Waals surface area (Å²) in [5.41, 5.74) is 1.84. The van der Waals surface area contributed by atoms with Crippen molar-refractivity contribution in [2.45, 2.75) is 6.92 Å². The number of benzene rings is 2. The second-order valence-electron chi connectivity index (χ2n) is 7.16. The van der Waals surface area contributed by atoms with Crippen molar-refractivity contribution in [3.8, 4) is 11.3 Å². The van der Waals surface area contributed by atoms with E-state index in [9.17, 15) is 19.2 Å². The van der Waals surface area contributed by atoms with Crippen LogP contribution in [0.15, 0.2) is 64.6 Å². The molecular formula is C24H17ClN2O6. The van der Waals surface area contributed by atoms with Gasteiger partial charge in [-0.3, -0.25) is 14.9 Å². The molecule has 0 unspecified atom stereocenters. The Kier molecular flexibility index (Phi) is 5.85. The predicted octanol–water partition coefficient (Wildman–Crippen LogP) is 4.36. The van der Waals surface area contributed by atoms with Crippen LogP contribution < -0.4 is 10.2 Å². The monoisotopic (exact) mass is 464 g/mol. The van der Waals surface area contributed by atoms with E-state index in [1.54, 1.807) is 30.3 Å². The quantitative estimate of drug-likeness (QED) is 0.349. The van der Waals surface area contributed by atoms with Gasteiger partial charge in [0, 0.05) is 10.6 Å². The van der Waals surface area contributed by atoms with Crippen molar-refractivity contribution in [2.24, 2.45) is 0 Å². The van der Waals surface area contributed by atoms with Crippen molar-refractivity contribution in [3.05, 3.63) is 82.1 Å². The zero-order valence-electron chi connectivity index (χ0n) is 17.5. The Morgan fingerprint density at radius 1 is 1.06 bits per heavy atom. The Labute approximate surface area is 193 Å².